The summed E-state index contributed by atoms with van der Waals surface area (Å²) in [5.74, 6) is 3.09. The first-order chi connectivity index (χ1) is 11.6. The van der Waals surface area contributed by atoms with Crippen LogP contribution >= 0.6 is 34.9 Å². The van der Waals surface area contributed by atoms with E-state index in [4.69, 9.17) is 4.52 Å². The highest BCUT2D eigenvalue weighted by molar-refractivity contribution is 8.02. The highest BCUT2D eigenvalue weighted by Crippen LogP contribution is 2.32. The van der Waals surface area contributed by atoms with Gasteiger partial charge in [-0.1, -0.05) is 78.1 Å². The van der Waals surface area contributed by atoms with Gasteiger partial charge in [-0.2, -0.15) is 0 Å². The number of benzene rings is 1. The standard InChI is InChI=1S/C17H19N3OS3/c1-11(2)14-6-4-13(5-7-14)9-22-16-18-19-17(24-16)23-10-15-8-12(3)20-21-15/h4-8,11H,9-10H2,1-3H3. The van der Waals surface area contributed by atoms with Crippen molar-refractivity contribution in [2.24, 2.45) is 0 Å². The number of aryl methyl sites for hydroxylation is 1. The van der Waals surface area contributed by atoms with Crippen LogP contribution in [0.2, 0.25) is 0 Å². The predicted octanol–water partition coefficient (Wildman–Crippen LogP) is 5.54. The lowest BCUT2D eigenvalue weighted by molar-refractivity contribution is 0.391. The first-order valence-electron chi connectivity index (χ1n) is 7.70. The number of aromatic nitrogens is 3. The summed E-state index contributed by atoms with van der Waals surface area (Å²) in [6.07, 6.45) is 0. The molecule has 7 heteroatoms. The molecule has 4 nitrogen and oxygen atoms in total. The fraction of sp³-hybridized carbons (Fsp3) is 0.353. The predicted molar refractivity (Wildman–Crippen MR) is 101 cm³/mol. The van der Waals surface area contributed by atoms with Crippen molar-refractivity contribution in [2.45, 2.75) is 46.9 Å². The van der Waals surface area contributed by atoms with Gasteiger partial charge in [-0.25, -0.2) is 0 Å². The zero-order valence-corrected chi connectivity index (χ0v) is 16.3. The smallest absolute Gasteiger partial charge is 0.175 e. The van der Waals surface area contributed by atoms with Crippen LogP contribution in [0.5, 0.6) is 0 Å². The van der Waals surface area contributed by atoms with Crippen LogP contribution in [-0.2, 0) is 11.5 Å². The van der Waals surface area contributed by atoms with Crippen LogP contribution in [0.25, 0.3) is 0 Å². The van der Waals surface area contributed by atoms with Crippen molar-refractivity contribution in [2.75, 3.05) is 0 Å². The molecule has 0 atom stereocenters. The highest BCUT2D eigenvalue weighted by Gasteiger charge is 2.08. The Bertz CT molecular complexity index is 780. The Hall–Kier alpha value is -1.31. The van der Waals surface area contributed by atoms with E-state index >= 15 is 0 Å². The van der Waals surface area contributed by atoms with Gasteiger partial charge in [0.1, 0.15) is 5.76 Å². The van der Waals surface area contributed by atoms with E-state index in [1.807, 2.05) is 13.0 Å². The first-order valence-corrected chi connectivity index (χ1v) is 10.5. The molecule has 0 unspecified atom stereocenters. The zero-order valence-electron chi connectivity index (χ0n) is 13.9. The van der Waals surface area contributed by atoms with Crippen LogP contribution < -0.4 is 0 Å². The second kappa shape index (κ2) is 8.18. The maximum atomic E-state index is 5.20. The molecular weight excluding hydrogens is 358 g/mol. The fourth-order valence-corrected chi connectivity index (χ4v) is 4.93. The summed E-state index contributed by atoms with van der Waals surface area (Å²) >= 11 is 4.99. The Labute approximate surface area is 154 Å². The van der Waals surface area contributed by atoms with Gasteiger partial charge < -0.3 is 4.52 Å². The van der Waals surface area contributed by atoms with Crippen LogP contribution in [0, 0.1) is 6.92 Å². The van der Waals surface area contributed by atoms with E-state index in [1.54, 1.807) is 34.9 Å². The molecule has 0 aliphatic heterocycles. The second-order valence-corrected chi connectivity index (χ2v) is 9.16. The minimum atomic E-state index is 0.572. The molecule has 0 bridgehead atoms. The van der Waals surface area contributed by atoms with Crippen molar-refractivity contribution in [3.05, 3.63) is 52.9 Å². The molecule has 2 aromatic heterocycles. The minimum Gasteiger partial charge on any atom is -0.360 e. The quantitative estimate of drug-likeness (QED) is 0.504. The summed E-state index contributed by atoms with van der Waals surface area (Å²) in [5, 5.41) is 12.4. The molecule has 0 aliphatic carbocycles. The highest BCUT2D eigenvalue weighted by atomic mass is 32.2. The summed E-state index contributed by atoms with van der Waals surface area (Å²) in [7, 11) is 0. The van der Waals surface area contributed by atoms with Gasteiger partial charge in [0.25, 0.3) is 0 Å². The van der Waals surface area contributed by atoms with Gasteiger partial charge in [-0.3, -0.25) is 0 Å². The lowest BCUT2D eigenvalue weighted by Crippen LogP contribution is -1.87. The maximum Gasteiger partial charge on any atom is 0.175 e. The topological polar surface area (TPSA) is 51.8 Å². The summed E-state index contributed by atoms with van der Waals surface area (Å²) in [4.78, 5) is 0. The molecule has 0 N–H and O–H groups in total. The van der Waals surface area contributed by atoms with Crippen molar-refractivity contribution in [3.63, 3.8) is 0 Å². The first kappa shape index (κ1) is 17.5. The third-order valence-corrected chi connectivity index (χ3v) is 6.69. The van der Waals surface area contributed by atoms with E-state index in [-0.39, 0.29) is 0 Å². The minimum absolute atomic E-state index is 0.572. The molecule has 0 saturated heterocycles. The second-order valence-electron chi connectivity index (χ2n) is 5.74. The van der Waals surface area contributed by atoms with Gasteiger partial charge in [0, 0.05) is 11.8 Å². The molecule has 126 valence electrons. The molecule has 0 fully saturated rings. The summed E-state index contributed by atoms with van der Waals surface area (Å²) in [6.45, 7) is 6.35. The van der Waals surface area contributed by atoms with Gasteiger partial charge in [-0.15, -0.1) is 10.2 Å². The van der Waals surface area contributed by atoms with Gasteiger partial charge in [0.15, 0.2) is 8.68 Å². The van der Waals surface area contributed by atoms with Crippen molar-refractivity contribution in [1.82, 2.24) is 15.4 Å². The van der Waals surface area contributed by atoms with Crippen molar-refractivity contribution in [3.8, 4) is 0 Å². The fourth-order valence-electron chi connectivity index (χ4n) is 2.07. The van der Waals surface area contributed by atoms with E-state index in [2.05, 4.69) is 53.5 Å². The van der Waals surface area contributed by atoms with Gasteiger partial charge in [-0.05, 0) is 24.0 Å². The van der Waals surface area contributed by atoms with E-state index in [1.165, 1.54) is 11.1 Å². The molecule has 3 rings (SSSR count). The number of nitrogens with zero attached hydrogens (tertiary/aromatic N) is 3. The third-order valence-electron chi connectivity index (χ3n) is 3.41. The van der Waals surface area contributed by atoms with Gasteiger partial charge in [0.05, 0.1) is 11.4 Å². The Kier molecular flexibility index (Phi) is 5.97. The van der Waals surface area contributed by atoms with Crippen LogP contribution in [0.4, 0.5) is 0 Å². The van der Waals surface area contributed by atoms with Crippen LogP contribution in [0.3, 0.4) is 0 Å². The number of hydrogen-bond donors (Lipinski definition) is 0. The van der Waals surface area contributed by atoms with Gasteiger partial charge >= 0.3 is 0 Å². The number of thioether (sulfide) groups is 2. The molecule has 0 radical (unpaired) electrons. The van der Waals surface area contributed by atoms with Crippen LogP contribution in [0.15, 0.2) is 43.5 Å². The Morgan fingerprint density at radius 1 is 1.04 bits per heavy atom. The van der Waals surface area contributed by atoms with E-state index in [0.29, 0.717) is 5.92 Å². The van der Waals surface area contributed by atoms with E-state index in [0.717, 1.165) is 31.6 Å². The molecule has 1 aromatic carbocycles. The lowest BCUT2D eigenvalue weighted by Gasteiger charge is -2.05. The molecule has 0 saturated carbocycles. The maximum absolute atomic E-state index is 5.20. The molecule has 0 amide bonds. The average molecular weight is 378 g/mol. The van der Waals surface area contributed by atoms with Crippen molar-refractivity contribution < 1.29 is 4.52 Å². The normalized spacial score (nSPS) is 11.3. The molecule has 24 heavy (non-hydrogen) atoms. The molecule has 2 heterocycles. The lowest BCUT2D eigenvalue weighted by atomic mass is 10.0. The van der Waals surface area contributed by atoms with Crippen LogP contribution in [0.1, 0.15) is 42.3 Å². The SMILES string of the molecule is Cc1cc(CSc2nnc(SCc3ccc(C(C)C)cc3)s2)on1. The Balaban J connectivity index is 1.50. The third kappa shape index (κ3) is 4.84. The Morgan fingerprint density at radius 3 is 2.29 bits per heavy atom. The largest absolute Gasteiger partial charge is 0.360 e. The zero-order chi connectivity index (χ0) is 16.9. The Morgan fingerprint density at radius 2 is 1.71 bits per heavy atom. The number of rotatable bonds is 7. The summed E-state index contributed by atoms with van der Waals surface area (Å²) in [6, 6.07) is 10.8. The monoisotopic (exact) mass is 377 g/mol. The molecule has 0 aliphatic rings. The van der Waals surface area contributed by atoms with Crippen molar-refractivity contribution >= 4 is 34.9 Å². The van der Waals surface area contributed by atoms with Crippen LogP contribution in [-0.4, -0.2) is 15.4 Å². The van der Waals surface area contributed by atoms with E-state index in [9.17, 15) is 0 Å². The van der Waals surface area contributed by atoms with Crippen molar-refractivity contribution in [1.29, 1.82) is 0 Å². The summed E-state index contributed by atoms with van der Waals surface area (Å²) < 4.78 is 7.16. The number of hydrogen-bond acceptors (Lipinski definition) is 7. The molecular formula is C17H19N3OS3. The summed E-state index contributed by atoms with van der Waals surface area (Å²) in [5.41, 5.74) is 3.59. The van der Waals surface area contributed by atoms with Gasteiger partial charge in [0.2, 0.25) is 0 Å². The van der Waals surface area contributed by atoms with E-state index < -0.39 is 0 Å². The molecule has 0 spiro atoms. The molecule has 3 aromatic rings. The average Bonchev–Trinajstić information content (AvgIpc) is 3.20.